The van der Waals surface area contributed by atoms with Crippen molar-refractivity contribution < 1.29 is 0 Å². The second kappa shape index (κ2) is 32.3. The van der Waals surface area contributed by atoms with Gasteiger partial charge in [-0.1, -0.05) is 399 Å². The van der Waals surface area contributed by atoms with Crippen LogP contribution in [0.5, 0.6) is 0 Å². The summed E-state index contributed by atoms with van der Waals surface area (Å²) in [5, 5.41) is 9.57. The summed E-state index contributed by atoms with van der Waals surface area (Å²) in [5.74, 6) is 0. The molecule has 0 aromatic heterocycles. The summed E-state index contributed by atoms with van der Waals surface area (Å²) < 4.78 is 0. The first kappa shape index (κ1) is 81.3. The van der Waals surface area contributed by atoms with E-state index in [1.54, 1.807) is 0 Å². The van der Waals surface area contributed by atoms with E-state index in [1.165, 1.54) is 166 Å². The Labute approximate surface area is 796 Å². The quantitative estimate of drug-likeness (QED) is 0.0842. The van der Waals surface area contributed by atoms with Crippen LogP contribution >= 0.6 is 0 Å². The van der Waals surface area contributed by atoms with Crippen molar-refractivity contribution in [1.29, 1.82) is 0 Å². The molecule has 3 aliphatic carbocycles. The summed E-state index contributed by atoms with van der Waals surface area (Å²) in [6.07, 6.45) is 0. The van der Waals surface area contributed by atoms with E-state index < -0.39 is 0 Å². The summed E-state index contributed by atoms with van der Waals surface area (Å²) >= 11 is 0. The molecule has 0 aliphatic heterocycles. The van der Waals surface area contributed by atoms with Gasteiger partial charge in [0.25, 0.3) is 0 Å². The monoisotopic (exact) mass is 1740 g/mol. The molecule has 3 heteroatoms. The molecule has 0 spiro atoms. The molecule has 0 atom stereocenters. The van der Waals surface area contributed by atoms with Gasteiger partial charge in [0.1, 0.15) is 0 Å². The van der Waals surface area contributed by atoms with Crippen LogP contribution in [0.2, 0.25) is 0 Å². The van der Waals surface area contributed by atoms with Gasteiger partial charge in [-0.25, -0.2) is 0 Å². The standard InChI is InChI=1S/C133H97N3/c1-131(2)123-79-102(92-46-40-89(41-47-92)86-24-10-7-11-25-86)59-70-116(123)119-73-67-110(83-126(119)131)134(108-34-22-33-98(77-108)95-54-64-107(65-55-95)136(130-82-105-31-17-18-35-113(105)115-37-20-21-38-122(115)130)112-69-75-121-118-72-61-104(81-125(118)133(5,6)128(121)85-112)94-50-44-91(45-51-94)88-28-14-9-15-29-88)109-66-58-100-76-99(52-53-101(100)78-109)96-56-62-106(63-57-96)135(129-39-23-32-97-30-16-19-36-114(97)129)111-68-74-120-117-71-60-103(80-124(117)132(3,4)127(120)84-111)93-48-42-90(43-49-93)87-26-12-8-13-27-87/h7-85H,1-6H3. The Hall–Kier alpha value is -16.7. The van der Waals surface area contributed by atoms with Crippen LogP contribution in [0.1, 0.15) is 74.9 Å². The van der Waals surface area contributed by atoms with Crippen molar-refractivity contribution in [3.63, 3.8) is 0 Å². The van der Waals surface area contributed by atoms with Crippen molar-refractivity contribution >= 4 is 94.3 Å². The highest BCUT2D eigenvalue weighted by Gasteiger charge is 2.40. The zero-order chi connectivity index (χ0) is 91.1. The molecule has 644 valence electrons. The summed E-state index contributed by atoms with van der Waals surface area (Å²) in [4.78, 5) is 7.46. The van der Waals surface area contributed by atoms with Crippen molar-refractivity contribution in [2.75, 3.05) is 14.7 Å². The van der Waals surface area contributed by atoms with E-state index in [0.717, 1.165) is 84.2 Å². The fourth-order valence-corrected chi connectivity index (χ4v) is 22.5. The molecule has 22 aromatic rings. The molecule has 0 saturated heterocycles. The zero-order valence-electron chi connectivity index (χ0n) is 77.0. The Morgan fingerprint density at radius 3 is 0.853 bits per heavy atom. The normalized spacial score (nSPS) is 13.2. The Balaban J connectivity index is 0.558. The van der Waals surface area contributed by atoms with Crippen molar-refractivity contribution in [2.24, 2.45) is 0 Å². The second-order valence-corrected chi connectivity index (χ2v) is 38.7. The third kappa shape index (κ3) is 13.9. The minimum atomic E-state index is -0.312. The highest BCUT2D eigenvalue weighted by Crippen LogP contribution is 2.58. The lowest BCUT2D eigenvalue weighted by Gasteiger charge is -2.30. The van der Waals surface area contributed by atoms with Gasteiger partial charge in [0.2, 0.25) is 0 Å². The lowest BCUT2D eigenvalue weighted by molar-refractivity contribution is 0.660. The number of benzene rings is 22. The fraction of sp³-hybridized carbons (Fsp3) is 0.0677. The predicted octanol–water partition coefficient (Wildman–Crippen LogP) is 37.0. The molecule has 0 saturated carbocycles. The molecule has 3 aliphatic rings. The maximum Gasteiger partial charge on any atom is 0.0546 e. The smallest absolute Gasteiger partial charge is 0.0546 e. The van der Waals surface area contributed by atoms with E-state index in [4.69, 9.17) is 0 Å². The van der Waals surface area contributed by atoms with Gasteiger partial charge in [-0.15, -0.1) is 0 Å². The molecule has 25 rings (SSSR count). The van der Waals surface area contributed by atoms with Crippen LogP contribution in [0.25, 0.3) is 165 Å². The number of nitrogens with zero attached hydrogens (tertiary/aromatic N) is 3. The van der Waals surface area contributed by atoms with Crippen molar-refractivity contribution in [2.45, 2.75) is 57.8 Å². The van der Waals surface area contributed by atoms with Gasteiger partial charge in [0.05, 0.1) is 11.4 Å². The van der Waals surface area contributed by atoms with Crippen molar-refractivity contribution in [1.82, 2.24) is 0 Å². The SMILES string of the molecule is CC1(C)c2cc(-c3ccc(-c4ccccc4)cc3)ccc2-c2ccc(N(c3cccc(-c4ccc(N(c5ccc6c(c5)C(C)(C)c5cc(-c7ccc(-c8ccccc8)cc7)ccc5-6)c5cc6ccccc6c6ccccc56)cc4)c3)c3ccc4cc(-c5ccc(N(c6ccc7c(c6)C(C)(C)c6cc(-c8ccc(-c9ccccc9)cc8)ccc6-7)c6cccc7ccccc67)cc5)ccc4c3)cc21. The Morgan fingerprint density at radius 2 is 0.397 bits per heavy atom. The van der Waals surface area contributed by atoms with Gasteiger partial charge in [-0.3, -0.25) is 0 Å². The minimum Gasteiger partial charge on any atom is -0.310 e. The van der Waals surface area contributed by atoms with E-state index in [2.05, 4.69) is 535 Å². The summed E-state index contributed by atoms with van der Waals surface area (Å²) in [6.45, 7) is 14.4. The Bertz CT molecular complexity index is 8500. The molecule has 0 bridgehead atoms. The van der Waals surface area contributed by atoms with Gasteiger partial charge in [-0.2, -0.15) is 0 Å². The largest absolute Gasteiger partial charge is 0.310 e. The van der Waals surface area contributed by atoms with Gasteiger partial charge in [0, 0.05) is 66.8 Å². The number of rotatable bonds is 17. The van der Waals surface area contributed by atoms with Gasteiger partial charge in [-0.05, 0) is 309 Å². The Morgan fingerprint density at radius 1 is 0.132 bits per heavy atom. The first-order valence-corrected chi connectivity index (χ1v) is 47.6. The third-order valence-corrected chi connectivity index (χ3v) is 29.8. The van der Waals surface area contributed by atoms with Crippen LogP contribution in [-0.2, 0) is 16.2 Å². The summed E-state index contributed by atoms with van der Waals surface area (Å²) in [5.41, 5.74) is 43.9. The Kier molecular flexibility index (Phi) is 19.3. The molecular weight excluding hydrogens is 1640 g/mol. The van der Waals surface area contributed by atoms with E-state index in [0.29, 0.717) is 0 Å². The topological polar surface area (TPSA) is 9.72 Å². The van der Waals surface area contributed by atoms with E-state index in [9.17, 15) is 0 Å². The second-order valence-electron chi connectivity index (χ2n) is 38.7. The average Bonchev–Trinajstić information content (AvgIpc) is 1.56. The maximum atomic E-state index is 2.50. The zero-order valence-corrected chi connectivity index (χ0v) is 77.0. The van der Waals surface area contributed by atoms with Crippen LogP contribution in [-0.4, -0.2) is 0 Å². The van der Waals surface area contributed by atoms with E-state index in [1.807, 2.05) is 0 Å². The number of hydrogen-bond donors (Lipinski definition) is 0. The van der Waals surface area contributed by atoms with Gasteiger partial charge < -0.3 is 14.7 Å². The molecule has 0 unspecified atom stereocenters. The van der Waals surface area contributed by atoms with Crippen LogP contribution in [0.4, 0.5) is 51.2 Å². The third-order valence-electron chi connectivity index (χ3n) is 29.8. The molecule has 0 amide bonds. The highest BCUT2D eigenvalue weighted by atomic mass is 15.2. The van der Waals surface area contributed by atoms with Gasteiger partial charge in [0.15, 0.2) is 0 Å². The maximum absolute atomic E-state index is 2.50. The van der Waals surface area contributed by atoms with Crippen molar-refractivity contribution in [3.05, 3.63) is 513 Å². The molecule has 22 aromatic carbocycles. The van der Waals surface area contributed by atoms with Crippen molar-refractivity contribution in [3.8, 4) is 122 Å². The molecule has 0 N–H and O–H groups in total. The van der Waals surface area contributed by atoms with Crippen LogP contribution in [0.3, 0.4) is 0 Å². The van der Waals surface area contributed by atoms with Gasteiger partial charge >= 0.3 is 0 Å². The molecule has 0 fully saturated rings. The lowest BCUT2D eigenvalue weighted by atomic mass is 9.81. The highest BCUT2D eigenvalue weighted by molar-refractivity contribution is 6.15. The first-order chi connectivity index (χ1) is 66.6. The number of fused-ring (bicyclic) bond motifs is 14. The summed E-state index contributed by atoms with van der Waals surface area (Å²) in [7, 11) is 0. The predicted molar refractivity (Wildman–Crippen MR) is 577 cm³/mol. The minimum absolute atomic E-state index is 0.258. The van der Waals surface area contributed by atoms with Crippen LogP contribution < -0.4 is 14.7 Å². The number of anilines is 9. The molecule has 0 radical (unpaired) electrons. The molecule has 0 heterocycles. The molecular formula is C133H97N3. The average molecular weight is 1740 g/mol. The fourth-order valence-electron chi connectivity index (χ4n) is 22.5. The van der Waals surface area contributed by atoms with E-state index in [-0.39, 0.29) is 16.2 Å². The van der Waals surface area contributed by atoms with Crippen LogP contribution in [0, 0.1) is 0 Å². The number of hydrogen-bond acceptors (Lipinski definition) is 3. The lowest BCUT2D eigenvalue weighted by Crippen LogP contribution is -2.17. The first-order valence-electron chi connectivity index (χ1n) is 47.6. The van der Waals surface area contributed by atoms with E-state index >= 15 is 0 Å². The molecule has 136 heavy (non-hydrogen) atoms. The summed E-state index contributed by atoms with van der Waals surface area (Å²) in [6, 6.07) is 179. The molecule has 3 nitrogen and oxygen atoms in total. The van der Waals surface area contributed by atoms with Crippen LogP contribution in [0.15, 0.2) is 479 Å².